The highest BCUT2D eigenvalue weighted by molar-refractivity contribution is 6.37. The fourth-order valence-corrected chi connectivity index (χ4v) is 7.48. The van der Waals surface area contributed by atoms with Crippen molar-refractivity contribution in [1.29, 1.82) is 0 Å². The van der Waals surface area contributed by atoms with E-state index in [1.807, 2.05) is 58.0 Å². The highest BCUT2D eigenvalue weighted by Crippen LogP contribution is 2.44. The number of carbonyl (C=O) groups excluding carboxylic acids is 4. The van der Waals surface area contributed by atoms with E-state index in [1.54, 1.807) is 36.4 Å². The Morgan fingerprint density at radius 1 is 0.755 bits per heavy atom. The van der Waals surface area contributed by atoms with Crippen molar-refractivity contribution in [2.24, 2.45) is 0 Å². The Labute approximate surface area is 281 Å². The Balaban J connectivity index is 1.21. The van der Waals surface area contributed by atoms with Gasteiger partial charge in [0.2, 0.25) is 0 Å². The Morgan fingerprint density at radius 2 is 1.35 bits per heavy atom. The number of rotatable bonds is 4. The molecule has 0 saturated heterocycles. The van der Waals surface area contributed by atoms with Crippen LogP contribution in [-0.2, 0) is 0 Å². The van der Waals surface area contributed by atoms with Gasteiger partial charge in [-0.1, -0.05) is 18.2 Å². The van der Waals surface area contributed by atoms with E-state index in [0.29, 0.717) is 33.8 Å². The van der Waals surface area contributed by atoms with Gasteiger partial charge in [-0.25, -0.2) is 9.88 Å². The molecule has 1 aromatic heterocycles. The molecule has 1 aliphatic heterocycles. The molecule has 2 amide bonds. The number of aromatic amines is 1. The molecule has 3 aliphatic rings. The van der Waals surface area contributed by atoms with Gasteiger partial charge in [0, 0.05) is 36.5 Å². The molecule has 2 aliphatic carbocycles. The largest absolute Gasteiger partial charge is 0.378 e. The fourth-order valence-electron chi connectivity index (χ4n) is 7.48. The molecule has 5 aromatic rings. The van der Waals surface area contributed by atoms with Crippen LogP contribution in [0.15, 0.2) is 65.5 Å². The van der Waals surface area contributed by atoms with Gasteiger partial charge in [-0.2, -0.15) is 0 Å². The Morgan fingerprint density at radius 3 is 1.92 bits per heavy atom. The van der Waals surface area contributed by atoms with Crippen LogP contribution in [0, 0.1) is 27.7 Å². The summed E-state index contributed by atoms with van der Waals surface area (Å²) in [6, 6.07) is 11.7. The second kappa shape index (κ2) is 10.5. The Hall–Kier alpha value is -5.96. The fraction of sp³-hybridized carbons (Fsp3) is 0.200. The molecular formula is C40H32N4O5. The highest BCUT2D eigenvalue weighted by Gasteiger charge is 2.43. The molecule has 4 aromatic carbocycles. The molecule has 242 valence electrons. The van der Waals surface area contributed by atoms with Gasteiger partial charge < -0.3 is 9.88 Å². The number of anilines is 2. The zero-order valence-corrected chi connectivity index (χ0v) is 27.9. The van der Waals surface area contributed by atoms with Crippen molar-refractivity contribution < 1.29 is 19.2 Å². The van der Waals surface area contributed by atoms with E-state index >= 15 is 0 Å². The summed E-state index contributed by atoms with van der Waals surface area (Å²) < 4.78 is 0. The minimum absolute atomic E-state index is 0.0173. The van der Waals surface area contributed by atoms with E-state index in [-0.39, 0.29) is 28.1 Å². The lowest BCUT2D eigenvalue weighted by Gasteiger charge is -2.26. The van der Waals surface area contributed by atoms with Crippen LogP contribution in [-0.4, -0.2) is 47.4 Å². The molecule has 0 spiro atoms. The van der Waals surface area contributed by atoms with Crippen LogP contribution in [0.4, 0.5) is 11.4 Å². The molecule has 0 saturated carbocycles. The maximum atomic E-state index is 14.2. The third-order valence-electron chi connectivity index (χ3n) is 10.5. The van der Waals surface area contributed by atoms with Crippen LogP contribution in [0.5, 0.6) is 0 Å². The SMILES string of the molecule is Cc1c(C)c(C)c(N2C(=O)c3cc4cc5c(cc4cc3C2=O)C(=O)C(c2nc3ccc(N(C)C)cc3c(=O)[nH]2)C5=O)c(C2=CC=CC2)c1C. The lowest BCUT2D eigenvalue weighted by Crippen LogP contribution is -2.31. The predicted molar refractivity (Wildman–Crippen MR) is 190 cm³/mol. The number of aromatic nitrogens is 2. The average Bonchev–Trinajstić information content (AvgIpc) is 3.76. The normalized spacial score (nSPS) is 15.6. The average molecular weight is 649 g/mol. The summed E-state index contributed by atoms with van der Waals surface area (Å²) in [4.78, 5) is 79.3. The summed E-state index contributed by atoms with van der Waals surface area (Å²) in [7, 11) is 3.72. The zero-order valence-electron chi connectivity index (χ0n) is 27.9. The summed E-state index contributed by atoms with van der Waals surface area (Å²) in [5, 5.41) is 1.45. The first-order valence-electron chi connectivity index (χ1n) is 16.1. The van der Waals surface area contributed by atoms with Crippen LogP contribution in [0.1, 0.15) is 87.4 Å². The Kier molecular flexibility index (Phi) is 6.52. The molecule has 9 heteroatoms. The highest BCUT2D eigenvalue weighted by atomic mass is 16.2. The summed E-state index contributed by atoms with van der Waals surface area (Å²) in [5.74, 6) is -3.16. The molecule has 49 heavy (non-hydrogen) atoms. The van der Waals surface area contributed by atoms with Crippen LogP contribution in [0.25, 0.3) is 27.2 Å². The van der Waals surface area contributed by atoms with Crippen LogP contribution in [0.2, 0.25) is 0 Å². The van der Waals surface area contributed by atoms with Gasteiger partial charge in [0.05, 0.1) is 27.7 Å². The number of hydrogen-bond acceptors (Lipinski definition) is 7. The van der Waals surface area contributed by atoms with Gasteiger partial charge in [-0.05, 0) is 115 Å². The molecule has 8 rings (SSSR count). The lowest BCUT2D eigenvalue weighted by atomic mass is 9.87. The van der Waals surface area contributed by atoms with Crippen molar-refractivity contribution >= 4 is 62.0 Å². The second-order valence-electron chi connectivity index (χ2n) is 13.3. The molecule has 0 radical (unpaired) electrons. The van der Waals surface area contributed by atoms with E-state index in [9.17, 15) is 24.0 Å². The summed E-state index contributed by atoms with van der Waals surface area (Å²) in [6.07, 6.45) is 6.77. The first-order chi connectivity index (χ1) is 23.4. The first-order valence-corrected chi connectivity index (χ1v) is 16.1. The minimum atomic E-state index is -1.31. The number of hydrogen-bond donors (Lipinski definition) is 1. The van der Waals surface area contributed by atoms with Crippen molar-refractivity contribution in [2.45, 2.75) is 40.0 Å². The molecular weight excluding hydrogens is 616 g/mol. The first kappa shape index (κ1) is 30.4. The lowest BCUT2D eigenvalue weighted by molar-refractivity contribution is 0.0880. The van der Waals surface area contributed by atoms with E-state index in [0.717, 1.165) is 39.1 Å². The monoisotopic (exact) mass is 648 g/mol. The van der Waals surface area contributed by atoms with Crippen molar-refractivity contribution in [3.8, 4) is 0 Å². The van der Waals surface area contributed by atoms with Gasteiger partial charge in [-0.15, -0.1) is 0 Å². The maximum Gasteiger partial charge on any atom is 0.266 e. The van der Waals surface area contributed by atoms with E-state index < -0.39 is 34.9 Å². The number of benzene rings is 4. The predicted octanol–water partition coefficient (Wildman–Crippen LogP) is 6.68. The standard InChI is InChI=1S/C40H32N4O5/c1-18-19(2)21(4)34(32(20(18)3)22-9-7-8-10-22)44-39(48)28-15-23-13-26-27(14-24(23)16-29(28)40(44)49)36(46)33(35(26)45)37-41-31-12-11-25(43(5)6)17-30(31)38(47)42-37/h7-9,11-17,33H,10H2,1-6H3,(H,41,42,47). The molecule has 0 atom stereocenters. The van der Waals surface area contributed by atoms with Gasteiger partial charge in [-0.3, -0.25) is 24.0 Å². The topological polar surface area (TPSA) is 121 Å². The summed E-state index contributed by atoms with van der Waals surface area (Å²) in [5.41, 5.74) is 8.16. The molecule has 0 bridgehead atoms. The van der Waals surface area contributed by atoms with Gasteiger partial charge >= 0.3 is 0 Å². The number of fused-ring (bicyclic) bond motifs is 4. The number of allylic oxidation sites excluding steroid dienone is 4. The number of ketones is 2. The number of amides is 2. The second-order valence-corrected chi connectivity index (χ2v) is 13.3. The minimum Gasteiger partial charge on any atom is -0.378 e. The van der Waals surface area contributed by atoms with Crippen molar-refractivity contribution in [2.75, 3.05) is 23.9 Å². The number of imide groups is 1. The summed E-state index contributed by atoms with van der Waals surface area (Å²) in [6.45, 7) is 8.04. The van der Waals surface area contributed by atoms with Crippen LogP contribution < -0.4 is 15.4 Å². The quantitative estimate of drug-likeness (QED) is 0.170. The molecule has 0 unspecified atom stereocenters. The number of carbonyl (C=O) groups is 4. The van der Waals surface area contributed by atoms with Crippen molar-refractivity contribution in [3.63, 3.8) is 0 Å². The van der Waals surface area contributed by atoms with Crippen LogP contribution >= 0.6 is 0 Å². The molecule has 1 N–H and O–H groups in total. The van der Waals surface area contributed by atoms with Crippen molar-refractivity contribution in [1.82, 2.24) is 9.97 Å². The number of nitrogens with one attached hydrogen (secondary N) is 1. The zero-order chi connectivity index (χ0) is 34.6. The summed E-state index contributed by atoms with van der Waals surface area (Å²) >= 11 is 0. The number of Topliss-reactive ketones (excluding diaryl/α,β-unsaturated/α-hetero) is 2. The maximum absolute atomic E-state index is 14.2. The molecule has 9 nitrogen and oxygen atoms in total. The molecule has 2 heterocycles. The van der Waals surface area contributed by atoms with Gasteiger partial charge in [0.15, 0.2) is 11.6 Å². The number of nitrogens with zero attached hydrogens (tertiary/aromatic N) is 3. The van der Waals surface area contributed by atoms with Gasteiger partial charge in [0.1, 0.15) is 11.7 Å². The number of H-pyrrole nitrogens is 1. The third kappa shape index (κ3) is 4.24. The van der Waals surface area contributed by atoms with Crippen molar-refractivity contribution in [3.05, 3.63) is 127 Å². The van der Waals surface area contributed by atoms with Crippen LogP contribution in [0.3, 0.4) is 0 Å². The molecule has 0 fully saturated rings. The van der Waals surface area contributed by atoms with Gasteiger partial charge in [0.25, 0.3) is 17.4 Å². The third-order valence-corrected chi connectivity index (χ3v) is 10.5. The van der Waals surface area contributed by atoms with E-state index in [1.165, 1.54) is 4.90 Å². The Bertz CT molecular complexity index is 2480. The van der Waals surface area contributed by atoms with E-state index in [2.05, 4.69) is 23.0 Å². The van der Waals surface area contributed by atoms with E-state index in [4.69, 9.17) is 0 Å². The smallest absolute Gasteiger partial charge is 0.266 e.